The number of methoxy groups -OCH3 is 1. The van der Waals surface area contributed by atoms with Gasteiger partial charge in [0.05, 0.1) is 31.4 Å². The lowest BCUT2D eigenvalue weighted by Gasteiger charge is -2.22. The van der Waals surface area contributed by atoms with Gasteiger partial charge in [0.1, 0.15) is 22.9 Å². The van der Waals surface area contributed by atoms with Crippen LogP contribution in [0.1, 0.15) is 19.0 Å². The molecule has 1 atom stereocenters. The van der Waals surface area contributed by atoms with Gasteiger partial charge >= 0.3 is 0 Å². The molecule has 0 aliphatic carbocycles. The van der Waals surface area contributed by atoms with Gasteiger partial charge in [0.25, 0.3) is 5.92 Å². The van der Waals surface area contributed by atoms with Gasteiger partial charge < -0.3 is 14.2 Å². The normalized spacial score (nSPS) is 17.9. The average Bonchev–Trinajstić information content (AvgIpc) is 3.43. The molecule has 7 nitrogen and oxygen atoms in total. The van der Waals surface area contributed by atoms with E-state index in [-0.39, 0.29) is 19.0 Å². The molecule has 0 amide bonds. The summed E-state index contributed by atoms with van der Waals surface area (Å²) in [5.74, 6) is -0.709. The largest absolute Gasteiger partial charge is 0.494 e. The van der Waals surface area contributed by atoms with Crippen molar-refractivity contribution in [2.75, 3.05) is 18.6 Å². The van der Waals surface area contributed by atoms with E-state index in [2.05, 4.69) is 14.6 Å². The third-order valence-corrected chi connectivity index (χ3v) is 5.87. The molecule has 0 saturated carbocycles. The molecular weight excluding hydrogens is 414 g/mol. The van der Waals surface area contributed by atoms with Gasteiger partial charge in [-0.2, -0.15) is 5.10 Å². The van der Waals surface area contributed by atoms with Gasteiger partial charge in [-0.05, 0) is 37.3 Å². The lowest BCUT2D eigenvalue weighted by molar-refractivity contribution is 0.0229. The van der Waals surface area contributed by atoms with Gasteiger partial charge in [0.2, 0.25) is 0 Å². The predicted molar refractivity (Wildman–Crippen MR) is 118 cm³/mol. The van der Waals surface area contributed by atoms with Gasteiger partial charge in [0.15, 0.2) is 0 Å². The van der Waals surface area contributed by atoms with Crippen LogP contribution in [0.5, 0.6) is 5.75 Å². The molecule has 1 aliphatic heterocycles. The van der Waals surface area contributed by atoms with E-state index in [9.17, 15) is 8.78 Å². The Bertz CT molecular complexity index is 1260. The second kappa shape index (κ2) is 7.58. The Balaban J connectivity index is 1.57. The summed E-state index contributed by atoms with van der Waals surface area (Å²) < 4.78 is 37.1. The van der Waals surface area contributed by atoms with Crippen molar-refractivity contribution in [2.24, 2.45) is 7.05 Å². The molecular formula is C23H24F2N6O. The minimum Gasteiger partial charge on any atom is -0.494 e. The summed E-state index contributed by atoms with van der Waals surface area (Å²) >= 11 is 0. The van der Waals surface area contributed by atoms with E-state index < -0.39 is 5.92 Å². The summed E-state index contributed by atoms with van der Waals surface area (Å²) in [5, 5.41) is 4.50. The molecule has 5 rings (SSSR count). The standard InChI is InChI=1S/C23H24F2N6O/c1-15-11-23(24,25)14-31(15)20-8-7-16(12-26-20)22-27-18-5-4-6-19(32-3)21(18)30(22)13-17-9-10-29(2)28-17/h4-10,12,15H,11,13-14H2,1-3H3. The smallest absolute Gasteiger partial charge is 0.267 e. The number of aromatic nitrogens is 5. The van der Waals surface area contributed by atoms with Crippen LogP contribution >= 0.6 is 0 Å². The van der Waals surface area contributed by atoms with Gasteiger partial charge in [-0.3, -0.25) is 4.68 Å². The first-order chi connectivity index (χ1) is 15.3. The lowest BCUT2D eigenvalue weighted by atomic mass is 10.2. The number of aryl methyl sites for hydroxylation is 1. The van der Waals surface area contributed by atoms with Gasteiger partial charge in [-0.1, -0.05) is 6.07 Å². The average molecular weight is 438 g/mol. The van der Waals surface area contributed by atoms with Crippen LogP contribution in [0.4, 0.5) is 14.6 Å². The Morgan fingerprint density at radius 3 is 2.66 bits per heavy atom. The maximum Gasteiger partial charge on any atom is 0.267 e. The van der Waals surface area contributed by atoms with Crippen molar-refractivity contribution in [1.29, 1.82) is 0 Å². The molecule has 3 aromatic heterocycles. The molecule has 1 aliphatic rings. The molecule has 4 aromatic rings. The van der Waals surface area contributed by atoms with E-state index in [0.717, 1.165) is 28.0 Å². The van der Waals surface area contributed by atoms with Crippen LogP contribution in [0.3, 0.4) is 0 Å². The highest BCUT2D eigenvalue weighted by Crippen LogP contribution is 2.36. The highest BCUT2D eigenvalue weighted by molar-refractivity contribution is 5.86. The number of para-hydroxylation sites is 1. The Labute approximate surface area is 184 Å². The molecule has 0 spiro atoms. The van der Waals surface area contributed by atoms with Gasteiger partial charge in [-0.15, -0.1) is 0 Å². The summed E-state index contributed by atoms with van der Waals surface area (Å²) in [4.78, 5) is 11.0. The predicted octanol–water partition coefficient (Wildman–Crippen LogP) is 4.12. The summed E-state index contributed by atoms with van der Waals surface area (Å²) in [7, 11) is 3.51. The number of benzene rings is 1. The van der Waals surface area contributed by atoms with E-state index >= 15 is 0 Å². The second-order valence-electron chi connectivity index (χ2n) is 8.27. The number of fused-ring (bicyclic) bond motifs is 1. The van der Waals surface area contributed by atoms with E-state index in [4.69, 9.17) is 9.72 Å². The Morgan fingerprint density at radius 2 is 2.03 bits per heavy atom. The van der Waals surface area contributed by atoms with Crippen molar-refractivity contribution in [3.05, 3.63) is 54.5 Å². The monoisotopic (exact) mass is 438 g/mol. The molecule has 0 N–H and O–H groups in total. The zero-order valence-corrected chi connectivity index (χ0v) is 18.2. The minimum atomic E-state index is -2.69. The van der Waals surface area contributed by atoms with Crippen molar-refractivity contribution in [3.63, 3.8) is 0 Å². The highest BCUT2D eigenvalue weighted by Gasteiger charge is 2.43. The third kappa shape index (κ3) is 3.57. The molecule has 0 bridgehead atoms. The Hall–Kier alpha value is -3.49. The van der Waals surface area contributed by atoms with Gasteiger partial charge in [0, 0.05) is 37.5 Å². The summed E-state index contributed by atoms with van der Waals surface area (Å²) in [6.45, 7) is 2.00. The fourth-order valence-corrected chi connectivity index (χ4v) is 4.41. The number of hydrogen-bond acceptors (Lipinski definition) is 5. The molecule has 1 saturated heterocycles. The summed E-state index contributed by atoms with van der Waals surface area (Å²) in [6, 6.07) is 11.1. The quantitative estimate of drug-likeness (QED) is 0.469. The van der Waals surface area contributed by atoms with Crippen molar-refractivity contribution in [1.82, 2.24) is 24.3 Å². The number of ether oxygens (including phenoxy) is 1. The first-order valence-corrected chi connectivity index (χ1v) is 10.5. The van der Waals surface area contributed by atoms with E-state index in [0.29, 0.717) is 18.2 Å². The molecule has 32 heavy (non-hydrogen) atoms. The molecule has 1 aromatic carbocycles. The maximum atomic E-state index is 13.8. The SMILES string of the molecule is COc1cccc2nc(-c3ccc(N4CC(F)(F)CC4C)nc3)n(Cc3ccn(C)n3)c12. The number of nitrogens with zero attached hydrogens (tertiary/aromatic N) is 6. The first-order valence-electron chi connectivity index (χ1n) is 10.5. The van der Waals surface area contributed by atoms with Crippen LogP contribution in [0.15, 0.2) is 48.8 Å². The summed E-state index contributed by atoms with van der Waals surface area (Å²) in [6.07, 6.45) is 3.44. The molecule has 166 valence electrons. The number of pyridine rings is 1. The maximum absolute atomic E-state index is 13.8. The van der Waals surface area contributed by atoms with Crippen LogP contribution in [-0.2, 0) is 13.6 Å². The molecule has 1 unspecified atom stereocenters. The summed E-state index contributed by atoms with van der Waals surface area (Å²) in [5.41, 5.74) is 3.35. The van der Waals surface area contributed by atoms with Crippen molar-refractivity contribution in [2.45, 2.75) is 31.9 Å². The Morgan fingerprint density at radius 1 is 1.19 bits per heavy atom. The number of rotatable bonds is 5. The van der Waals surface area contributed by atoms with E-state index in [1.807, 2.05) is 43.6 Å². The van der Waals surface area contributed by atoms with E-state index in [1.165, 1.54) is 0 Å². The second-order valence-corrected chi connectivity index (χ2v) is 8.27. The van der Waals surface area contributed by atoms with Crippen molar-refractivity contribution in [3.8, 4) is 17.1 Å². The van der Waals surface area contributed by atoms with Crippen LogP contribution < -0.4 is 9.64 Å². The van der Waals surface area contributed by atoms with Crippen LogP contribution in [0, 0.1) is 0 Å². The highest BCUT2D eigenvalue weighted by atomic mass is 19.3. The minimum absolute atomic E-state index is 0.157. The van der Waals surface area contributed by atoms with E-state index in [1.54, 1.807) is 35.9 Å². The first kappa shape index (κ1) is 20.4. The number of hydrogen-bond donors (Lipinski definition) is 0. The molecule has 1 fully saturated rings. The molecule has 4 heterocycles. The number of anilines is 1. The van der Waals surface area contributed by atoms with Gasteiger partial charge in [-0.25, -0.2) is 18.7 Å². The fraction of sp³-hybridized carbons (Fsp3) is 0.348. The van der Waals surface area contributed by atoms with Crippen LogP contribution in [0.2, 0.25) is 0 Å². The zero-order chi connectivity index (χ0) is 22.5. The number of halogens is 2. The van der Waals surface area contributed by atoms with Crippen LogP contribution in [-0.4, -0.2) is 49.9 Å². The Kier molecular flexibility index (Phi) is 4.83. The van der Waals surface area contributed by atoms with Crippen molar-refractivity contribution >= 4 is 16.9 Å². The molecule has 9 heteroatoms. The lowest BCUT2D eigenvalue weighted by Crippen LogP contribution is -2.29. The zero-order valence-electron chi connectivity index (χ0n) is 18.2. The van der Waals surface area contributed by atoms with Crippen molar-refractivity contribution < 1.29 is 13.5 Å². The van der Waals surface area contributed by atoms with Crippen LogP contribution in [0.25, 0.3) is 22.4 Å². The fourth-order valence-electron chi connectivity index (χ4n) is 4.41. The topological polar surface area (TPSA) is 61.0 Å². The number of alkyl halides is 2. The number of imidazole rings is 1. The molecule has 0 radical (unpaired) electrons. The third-order valence-electron chi connectivity index (χ3n) is 5.87.